The summed E-state index contributed by atoms with van der Waals surface area (Å²) in [5.41, 5.74) is 17.0. The molecule has 2 nitrogen and oxygen atoms in total. The maximum atomic E-state index is 2.47. The molecule has 0 unspecified atom stereocenters. The van der Waals surface area contributed by atoms with E-state index >= 15 is 0 Å². The maximum absolute atomic E-state index is 2.47. The second-order valence-electron chi connectivity index (χ2n) is 15.7. The SMILES string of the molecule is CC1(C)c2ccccc2-c2ccc(N(c3ccc(-c4ccccc4)cc3)c3cccc4c5ccccc5n(-c5ccc(-c6cccc7ccccc67)cc5)c34)cc21. The van der Waals surface area contributed by atoms with Crippen molar-refractivity contribution >= 4 is 49.6 Å². The fourth-order valence-electron chi connectivity index (χ4n) is 9.41. The summed E-state index contributed by atoms with van der Waals surface area (Å²) in [4.78, 5) is 2.47. The smallest absolute Gasteiger partial charge is 0.0782 e. The van der Waals surface area contributed by atoms with Gasteiger partial charge in [0.2, 0.25) is 0 Å². The highest BCUT2D eigenvalue weighted by Crippen LogP contribution is 2.51. The van der Waals surface area contributed by atoms with Gasteiger partial charge in [-0.05, 0) is 104 Å². The minimum Gasteiger partial charge on any atom is -0.308 e. The Balaban J connectivity index is 1.13. The lowest BCUT2D eigenvalue weighted by Crippen LogP contribution is -2.17. The summed E-state index contributed by atoms with van der Waals surface area (Å²) >= 11 is 0. The average Bonchev–Trinajstić information content (AvgIpc) is 3.73. The van der Waals surface area contributed by atoms with Crippen LogP contribution in [0.2, 0.25) is 0 Å². The summed E-state index contributed by atoms with van der Waals surface area (Å²) in [6.07, 6.45) is 0. The van der Waals surface area contributed by atoms with E-state index in [0.717, 1.165) is 22.7 Å². The molecule has 1 heterocycles. The zero-order valence-corrected chi connectivity index (χ0v) is 32.0. The van der Waals surface area contributed by atoms with Crippen molar-refractivity contribution in [3.63, 3.8) is 0 Å². The summed E-state index contributed by atoms with van der Waals surface area (Å²) in [5.74, 6) is 0. The van der Waals surface area contributed by atoms with Crippen molar-refractivity contribution in [3.05, 3.63) is 217 Å². The van der Waals surface area contributed by atoms with Crippen molar-refractivity contribution in [2.45, 2.75) is 19.3 Å². The molecule has 0 N–H and O–H groups in total. The van der Waals surface area contributed by atoms with Crippen LogP contribution in [0.4, 0.5) is 17.1 Å². The van der Waals surface area contributed by atoms with Crippen molar-refractivity contribution in [3.8, 4) is 39.1 Å². The van der Waals surface area contributed by atoms with E-state index in [9.17, 15) is 0 Å². The van der Waals surface area contributed by atoms with E-state index in [4.69, 9.17) is 0 Å². The third kappa shape index (κ3) is 5.25. The third-order valence-corrected chi connectivity index (χ3v) is 12.2. The molecule has 0 aliphatic heterocycles. The van der Waals surface area contributed by atoms with Crippen LogP contribution < -0.4 is 4.90 Å². The second kappa shape index (κ2) is 13.0. The summed E-state index contributed by atoms with van der Waals surface area (Å²) in [6, 6.07) is 75.7. The van der Waals surface area contributed by atoms with Crippen molar-refractivity contribution < 1.29 is 0 Å². The molecule has 2 heteroatoms. The lowest BCUT2D eigenvalue weighted by Gasteiger charge is -2.29. The number of hydrogen-bond acceptors (Lipinski definition) is 1. The van der Waals surface area contributed by atoms with Crippen LogP contribution in [0.5, 0.6) is 0 Å². The average molecular weight is 729 g/mol. The van der Waals surface area contributed by atoms with Crippen molar-refractivity contribution in [2.75, 3.05) is 4.90 Å². The van der Waals surface area contributed by atoms with Gasteiger partial charge in [0.15, 0.2) is 0 Å². The van der Waals surface area contributed by atoms with Crippen LogP contribution in [-0.4, -0.2) is 4.57 Å². The first kappa shape index (κ1) is 33.2. The van der Waals surface area contributed by atoms with Crippen LogP contribution in [0.3, 0.4) is 0 Å². The van der Waals surface area contributed by atoms with E-state index in [1.807, 2.05) is 0 Å². The van der Waals surface area contributed by atoms with Crippen LogP contribution in [0, 0.1) is 0 Å². The van der Waals surface area contributed by atoms with Crippen molar-refractivity contribution in [2.24, 2.45) is 0 Å². The number of benzene rings is 9. The highest BCUT2D eigenvalue weighted by molar-refractivity contribution is 6.14. The van der Waals surface area contributed by atoms with Gasteiger partial charge in [0.05, 0.1) is 16.7 Å². The second-order valence-corrected chi connectivity index (χ2v) is 15.7. The predicted octanol–water partition coefficient (Wildman–Crippen LogP) is 15.0. The Morgan fingerprint density at radius 3 is 1.84 bits per heavy atom. The number of anilines is 3. The molecule has 10 aromatic rings. The Kier molecular flexibility index (Phi) is 7.55. The molecule has 0 spiro atoms. The Labute approximate surface area is 333 Å². The molecule has 1 aliphatic carbocycles. The van der Waals surface area contributed by atoms with Crippen LogP contribution in [0.1, 0.15) is 25.0 Å². The van der Waals surface area contributed by atoms with Gasteiger partial charge in [-0.3, -0.25) is 0 Å². The molecule has 0 saturated heterocycles. The first-order valence-electron chi connectivity index (χ1n) is 19.9. The van der Waals surface area contributed by atoms with Gasteiger partial charge in [0.1, 0.15) is 0 Å². The molecule has 0 amide bonds. The monoisotopic (exact) mass is 728 g/mol. The molecule has 0 radical (unpaired) electrons. The highest BCUT2D eigenvalue weighted by Gasteiger charge is 2.36. The molecule has 9 aromatic carbocycles. The van der Waals surface area contributed by atoms with E-state index in [1.54, 1.807) is 0 Å². The molecule has 0 saturated carbocycles. The van der Waals surface area contributed by atoms with Crippen LogP contribution in [0.15, 0.2) is 206 Å². The van der Waals surface area contributed by atoms with Gasteiger partial charge in [-0.1, -0.05) is 172 Å². The Morgan fingerprint density at radius 2 is 1.00 bits per heavy atom. The van der Waals surface area contributed by atoms with E-state index in [2.05, 4.69) is 230 Å². The molecular formula is C55H40N2. The number of nitrogens with zero attached hydrogens (tertiary/aromatic N) is 2. The summed E-state index contributed by atoms with van der Waals surface area (Å²) in [7, 11) is 0. The Morgan fingerprint density at radius 1 is 0.404 bits per heavy atom. The largest absolute Gasteiger partial charge is 0.308 e. The topological polar surface area (TPSA) is 8.17 Å². The normalized spacial score (nSPS) is 12.9. The van der Waals surface area contributed by atoms with Gasteiger partial charge in [-0.15, -0.1) is 0 Å². The standard InChI is InChI=1S/C55H40N2/c1-55(2)50-23-10-8-19-46(50)47-35-34-43(36-51(47)55)56(41-30-26-38(27-31-41)37-14-4-3-5-15-37)53-25-13-22-49-48-20-9-11-24-52(48)57(54(49)53)42-32-28-40(29-33-42)45-21-12-17-39-16-6-7-18-44(39)45/h3-36H,1-2H3. The van der Waals surface area contributed by atoms with E-state index < -0.39 is 0 Å². The molecule has 1 aliphatic rings. The lowest BCUT2D eigenvalue weighted by atomic mass is 9.82. The van der Waals surface area contributed by atoms with Crippen LogP contribution in [-0.2, 0) is 5.41 Å². The number of aromatic nitrogens is 1. The molecular weight excluding hydrogens is 689 g/mol. The molecule has 0 fully saturated rings. The van der Waals surface area contributed by atoms with Crippen LogP contribution >= 0.6 is 0 Å². The zero-order chi connectivity index (χ0) is 38.1. The first-order valence-corrected chi connectivity index (χ1v) is 19.9. The van der Waals surface area contributed by atoms with Crippen LogP contribution in [0.25, 0.3) is 71.6 Å². The van der Waals surface area contributed by atoms with Gasteiger partial charge in [0, 0.05) is 33.2 Å². The predicted molar refractivity (Wildman–Crippen MR) is 241 cm³/mol. The van der Waals surface area contributed by atoms with Gasteiger partial charge >= 0.3 is 0 Å². The van der Waals surface area contributed by atoms with Gasteiger partial charge < -0.3 is 9.47 Å². The molecule has 0 bridgehead atoms. The van der Waals surface area contributed by atoms with Crippen molar-refractivity contribution in [1.82, 2.24) is 4.57 Å². The highest BCUT2D eigenvalue weighted by atomic mass is 15.2. The molecule has 270 valence electrons. The summed E-state index contributed by atoms with van der Waals surface area (Å²) in [6.45, 7) is 4.72. The van der Waals surface area contributed by atoms with E-state index in [-0.39, 0.29) is 5.41 Å². The van der Waals surface area contributed by atoms with Gasteiger partial charge in [-0.25, -0.2) is 0 Å². The van der Waals surface area contributed by atoms with E-state index in [1.165, 1.54) is 77.1 Å². The number of fused-ring (bicyclic) bond motifs is 7. The maximum Gasteiger partial charge on any atom is 0.0782 e. The molecule has 57 heavy (non-hydrogen) atoms. The molecule has 11 rings (SSSR count). The zero-order valence-electron chi connectivity index (χ0n) is 32.0. The first-order chi connectivity index (χ1) is 28.0. The Bertz CT molecular complexity index is 3130. The van der Waals surface area contributed by atoms with E-state index in [0.29, 0.717) is 0 Å². The third-order valence-electron chi connectivity index (χ3n) is 12.2. The number of rotatable bonds is 6. The fourth-order valence-corrected chi connectivity index (χ4v) is 9.41. The number of hydrogen-bond donors (Lipinski definition) is 0. The lowest BCUT2D eigenvalue weighted by molar-refractivity contribution is 0.660. The quantitative estimate of drug-likeness (QED) is 0.165. The van der Waals surface area contributed by atoms with Gasteiger partial charge in [-0.2, -0.15) is 0 Å². The minimum absolute atomic E-state index is 0.127. The molecule has 0 atom stereocenters. The number of para-hydroxylation sites is 2. The Hall–Kier alpha value is -7.16. The summed E-state index contributed by atoms with van der Waals surface area (Å²) < 4.78 is 2.46. The minimum atomic E-state index is -0.127. The van der Waals surface area contributed by atoms with Crippen molar-refractivity contribution in [1.29, 1.82) is 0 Å². The summed E-state index contributed by atoms with van der Waals surface area (Å²) in [5, 5.41) is 4.97. The van der Waals surface area contributed by atoms with Gasteiger partial charge in [0.25, 0.3) is 0 Å². The molecule has 1 aromatic heterocycles. The fraction of sp³-hybridized carbons (Fsp3) is 0.0545.